The Morgan fingerprint density at radius 3 is 2.87 bits per heavy atom. The Balaban J connectivity index is 1.73. The monoisotopic (exact) mass is 315 g/mol. The van der Waals surface area contributed by atoms with E-state index < -0.39 is 5.60 Å². The van der Waals surface area contributed by atoms with E-state index >= 15 is 0 Å². The Morgan fingerprint density at radius 1 is 1.35 bits per heavy atom. The van der Waals surface area contributed by atoms with E-state index in [1.165, 1.54) is 5.56 Å². The van der Waals surface area contributed by atoms with Crippen LogP contribution >= 0.6 is 0 Å². The van der Waals surface area contributed by atoms with E-state index in [2.05, 4.69) is 40.1 Å². The number of hydrogen-bond acceptors (Lipinski definition) is 5. The lowest BCUT2D eigenvalue weighted by molar-refractivity contribution is -0.0414. The van der Waals surface area contributed by atoms with Gasteiger partial charge in [0.05, 0.1) is 6.20 Å². The average molecular weight is 315 g/mol. The largest absolute Gasteiger partial charge is 0.382 e. The fourth-order valence-electron chi connectivity index (χ4n) is 3.17. The van der Waals surface area contributed by atoms with Gasteiger partial charge in [0.2, 0.25) is 0 Å². The zero-order valence-corrected chi connectivity index (χ0v) is 14.1. The number of piperidine rings is 1. The molecule has 1 N–H and O–H groups in total. The molecule has 23 heavy (non-hydrogen) atoms. The van der Waals surface area contributed by atoms with Crippen molar-refractivity contribution in [3.05, 3.63) is 41.5 Å². The van der Waals surface area contributed by atoms with Crippen molar-refractivity contribution in [1.29, 1.82) is 0 Å². The SMILES string of the molecule is Cc1cncc(CN2CCCC(O)(c3cn(C(C)C)nn3)C2)c1. The van der Waals surface area contributed by atoms with Gasteiger partial charge in [0.1, 0.15) is 11.3 Å². The topological polar surface area (TPSA) is 67.1 Å². The van der Waals surface area contributed by atoms with Crippen molar-refractivity contribution < 1.29 is 5.11 Å². The Hall–Kier alpha value is -1.79. The molecular formula is C17H25N5O. The lowest BCUT2D eigenvalue weighted by Crippen LogP contribution is -2.46. The molecule has 2 aromatic heterocycles. The molecule has 0 aliphatic carbocycles. The molecule has 1 aliphatic rings. The molecule has 0 saturated carbocycles. The van der Waals surface area contributed by atoms with Crippen LogP contribution in [-0.4, -0.2) is 43.1 Å². The third kappa shape index (κ3) is 3.59. The molecule has 0 bridgehead atoms. The van der Waals surface area contributed by atoms with Crippen LogP contribution < -0.4 is 0 Å². The zero-order valence-electron chi connectivity index (χ0n) is 14.1. The highest BCUT2D eigenvalue weighted by atomic mass is 16.3. The quantitative estimate of drug-likeness (QED) is 0.935. The van der Waals surface area contributed by atoms with Gasteiger partial charge in [-0.3, -0.25) is 9.88 Å². The summed E-state index contributed by atoms with van der Waals surface area (Å²) < 4.78 is 1.80. The van der Waals surface area contributed by atoms with Crippen molar-refractivity contribution in [2.45, 2.75) is 51.8 Å². The summed E-state index contributed by atoms with van der Waals surface area (Å²) in [4.78, 5) is 6.52. The van der Waals surface area contributed by atoms with Crippen LogP contribution in [0, 0.1) is 6.92 Å². The minimum Gasteiger partial charge on any atom is -0.382 e. The van der Waals surface area contributed by atoms with E-state index in [-0.39, 0.29) is 6.04 Å². The fourth-order valence-corrected chi connectivity index (χ4v) is 3.17. The predicted octanol–water partition coefficient (Wildman–Crippen LogP) is 2.05. The molecule has 6 nitrogen and oxygen atoms in total. The van der Waals surface area contributed by atoms with Crippen LogP contribution in [0.15, 0.2) is 24.7 Å². The molecule has 6 heteroatoms. The van der Waals surface area contributed by atoms with E-state index in [1.54, 1.807) is 4.68 Å². The normalized spacial score (nSPS) is 22.7. The first kappa shape index (κ1) is 16.1. The molecule has 1 fully saturated rings. The summed E-state index contributed by atoms with van der Waals surface area (Å²) in [6.45, 7) is 8.52. The first-order chi connectivity index (χ1) is 11.0. The van der Waals surface area contributed by atoms with Gasteiger partial charge in [-0.2, -0.15) is 0 Å². The van der Waals surface area contributed by atoms with Gasteiger partial charge < -0.3 is 5.11 Å². The lowest BCUT2D eigenvalue weighted by atomic mass is 9.90. The van der Waals surface area contributed by atoms with Crippen LogP contribution in [0.2, 0.25) is 0 Å². The van der Waals surface area contributed by atoms with Crippen molar-refractivity contribution in [1.82, 2.24) is 24.9 Å². The second-order valence-corrected chi connectivity index (χ2v) is 6.89. The first-order valence-electron chi connectivity index (χ1n) is 8.24. The number of likely N-dealkylation sites (tertiary alicyclic amines) is 1. The van der Waals surface area contributed by atoms with Gasteiger partial charge in [-0.1, -0.05) is 11.3 Å². The molecule has 3 heterocycles. The number of aromatic nitrogens is 4. The highest BCUT2D eigenvalue weighted by Gasteiger charge is 2.37. The molecule has 1 aliphatic heterocycles. The molecule has 1 atom stereocenters. The number of hydrogen-bond donors (Lipinski definition) is 1. The third-order valence-corrected chi connectivity index (χ3v) is 4.40. The maximum atomic E-state index is 11.1. The summed E-state index contributed by atoms with van der Waals surface area (Å²) in [6.07, 6.45) is 7.31. The maximum absolute atomic E-state index is 11.1. The summed E-state index contributed by atoms with van der Waals surface area (Å²) in [5.74, 6) is 0. The fraction of sp³-hybridized carbons (Fsp3) is 0.588. The minimum atomic E-state index is -0.914. The van der Waals surface area contributed by atoms with Crippen molar-refractivity contribution in [2.24, 2.45) is 0 Å². The number of β-amino-alcohol motifs (C(OH)–C–C–N with tert-alkyl or cyclic N) is 1. The molecule has 0 amide bonds. The Labute approximate surface area is 137 Å². The molecule has 3 rings (SSSR count). The van der Waals surface area contributed by atoms with Gasteiger partial charge in [0, 0.05) is 31.5 Å². The Bertz CT molecular complexity index is 669. The summed E-state index contributed by atoms with van der Waals surface area (Å²) in [5.41, 5.74) is 2.11. The maximum Gasteiger partial charge on any atom is 0.123 e. The standard InChI is InChI=1S/C17H25N5O/c1-13(2)22-11-16(19-20-22)17(23)5-4-6-21(12-17)10-15-7-14(3)8-18-9-15/h7-9,11,13,23H,4-6,10,12H2,1-3H3. The first-order valence-corrected chi connectivity index (χ1v) is 8.24. The second-order valence-electron chi connectivity index (χ2n) is 6.89. The minimum absolute atomic E-state index is 0.248. The molecule has 0 spiro atoms. The smallest absolute Gasteiger partial charge is 0.123 e. The molecular weight excluding hydrogens is 290 g/mol. The number of nitrogens with zero attached hydrogens (tertiary/aromatic N) is 5. The zero-order chi connectivity index (χ0) is 16.4. The third-order valence-electron chi connectivity index (χ3n) is 4.40. The number of aryl methyl sites for hydroxylation is 1. The Kier molecular flexibility index (Phi) is 4.46. The van der Waals surface area contributed by atoms with Crippen molar-refractivity contribution >= 4 is 0 Å². The van der Waals surface area contributed by atoms with Gasteiger partial charge in [-0.05, 0) is 51.3 Å². The van der Waals surface area contributed by atoms with Gasteiger partial charge in [-0.25, -0.2) is 4.68 Å². The lowest BCUT2D eigenvalue weighted by Gasteiger charge is -2.38. The van der Waals surface area contributed by atoms with Crippen LogP contribution in [0.5, 0.6) is 0 Å². The van der Waals surface area contributed by atoms with E-state index in [9.17, 15) is 5.11 Å². The molecule has 124 valence electrons. The van der Waals surface area contributed by atoms with Crippen molar-refractivity contribution in [3.8, 4) is 0 Å². The summed E-state index contributed by atoms with van der Waals surface area (Å²) in [6, 6.07) is 2.40. The summed E-state index contributed by atoms with van der Waals surface area (Å²) >= 11 is 0. The van der Waals surface area contributed by atoms with Gasteiger partial charge >= 0.3 is 0 Å². The number of aliphatic hydroxyl groups is 1. The summed E-state index contributed by atoms with van der Waals surface area (Å²) in [7, 11) is 0. The van der Waals surface area contributed by atoms with Gasteiger partial charge in [0.25, 0.3) is 0 Å². The average Bonchev–Trinajstić information content (AvgIpc) is 2.98. The van der Waals surface area contributed by atoms with Crippen LogP contribution in [-0.2, 0) is 12.1 Å². The molecule has 0 radical (unpaired) electrons. The van der Waals surface area contributed by atoms with Crippen molar-refractivity contribution in [3.63, 3.8) is 0 Å². The van der Waals surface area contributed by atoms with Gasteiger partial charge in [0.15, 0.2) is 0 Å². The van der Waals surface area contributed by atoms with Crippen LogP contribution in [0.1, 0.15) is 49.6 Å². The molecule has 0 aromatic carbocycles. The van der Waals surface area contributed by atoms with E-state index in [1.807, 2.05) is 25.5 Å². The molecule has 1 unspecified atom stereocenters. The van der Waals surface area contributed by atoms with Crippen LogP contribution in [0.3, 0.4) is 0 Å². The van der Waals surface area contributed by atoms with Crippen molar-refractivity contribution in [2.75, 3.05) is 13.1 Å². The number of pyridine rings is 1. The highest BCUT2D eigenvalue weighted by Crippen LogP contribution is 2.31. The van der Waals surface area contributed by atoms with E-state index in [4.69, 9.17) is 0 Å². The molecule has 2 aromatic rings. The second kappa shape index (κ2) is 6.37. The summed E-state index contributed by atoms with van der Waals surface area (Å²) in [5, 5.41) is 19.4. The highest BCUT2D eigenvalue weighted by molar-refractivity contribution is 5.17. The van der Waals surface area contributed by atoms with E-state index in [0.717, 1.165) is 31.5 Å². The number of rotatable bonds is 4. The van der Waals surface area contributed by atoms with Crippen LogP contribution in [0.4, 0.5) is 0 Å². The van der Waals surface area contributed by atoms with Gasteiger partial charge in [-0.15, -0.1) is 5.10 Å². The van der Waals surface area contributed by atoms with E-state index in [0.29, 0.717) is 12.2 Å². The molecule has 1 saturated heterocycles. The Morgan fingerprint density at radius 2 is 2.17 bits per heavy atom. The predicted molar refractivity (Wildman–Crippen MR) is 87.8 cm³/mol. The van der Waals surface area contributed by atoms with Crippen LogP contribution in [0.25, 0.3) is 0 Å².